The highest BCUT2D eigenvalue weighted by atomic mass is 19.1. The predicted molar refractivity (Wildman–Crippen MR) is 117 cm³/mol. The molecule has 6 N–H and O–H groups in total. The number of nitrogens with one attached hydrogen (secondary N) is 2. The van der Waals surface area contributed by atoms with Crippen molar-refractivity contribution in [1.29, 1.82) is 10.5 Å². The highest BCUT2D eigenvalue weighted by molar-refractivity contribution is 5.98. The van der Waals surface area contributed by atoms with Gasteiger partial charge in [-0.1, -0.05) is 30.3 Å². The highest BCUT2D eigenvalue weighted by Gasteiger charge is 2.31. The van der Waals surface area contributed by atoms with Crippen molar-refractivity contribution in [1.82, 2.24) is 10.3 Å². The van der Waals surface area contributed by atoms with Crippen molar-refractivity contribution in [3.8, 4) is 18.0 Å². The summed E-state index contributed by atoms with van der Waals surface area (Å²) in [5.41, 5.74) is 12.8. The number of aliphatic imine (C=N–C) groups is 1. The van der Waals surface area contributed by atoms with Gasteiger partial charge in [-0.3, -0.25) is 5.32 Å². The van der Waals surface area contributed by atoms with E-state index in [0.29, 0.717) is 0 Å². The van der Waals surface area contributed by atoms with E-state index in [4.69, 9.17) is 21.5 Å². The molecule has 1 atom stereocenters. The van der Waals surface area contributed by atoms with Crippen LogP contribution in [0, 0.1) is 34.4 Å². The summed E-state index contributed by atoms with van der Waals surface area (Å²) in [6, 6.07) is 11.8. The van der Waals surface area contributed by atoms with Gasteiger partial charge in [0.2, 0.25) is 5.96 Å². The first-order chi connectivity index (χ1) is 15.9. The van der Waals surface area contributed by atoms with Gasteiger partial charge in [0.25, 0.3) is 0 Å². The second-order valence-electron chi connectivity index (χ2n) is 6.99. The van der Waals surface area contributed by atoms with E-state index in [1.54, 1.807) is 30.5 Å². The van der Waals surface area contributed by atoms with Gasteiger partial charge in [0.05, 0.1) is 5.69 Å². The number of guanidine groups is 1. The monoisotopic (exact) mass is 446 g/mol. The van der Waals surface area contributed by atoms with Crippen LogP contribution in [-0.4, -0.2) is 10.9 Å². The van der Waals surface area contributed by atoms with Crippen LogP contribution < -0.4 is 26.8 Å². The minimum absolute atomic E-state index is 0.0275. The maximum atomic E-state index is 14.9. The summed E-state index contributed by atoms with van der Waals surface area (Å²) in [5, 5.41) is 23.4. The number of nitrogens with two attached hydrogens (primary N) is 2. The molecule has 0 radical (unpaired) electrons. The standard InChI is InChI=1S/C22H16F2N8O/c23-14-6-12(7-15(24)19(14)33-9-11-4-2-1-3-5-11)18-16-17(27)13(8-25)20(28)31-21(16)32-22(30-18)29-10-26/h1-7,18H,9H2,(H6,27,28,29,30,31,32). The average molecular weight is 446 g/mol. The molecule has 9 nitrogen and oxygen atoms in total. The number of halogens is 2. The van der Waals surface area contributed by atoms with Gasteiger partial charge in [-0.25, -0.2) is 18.8 Å². The average Bonchev–Trinajstić information content (AvgIpc) is 2.79. The number of aromatic nitrogens is 1. The van der Waals surface area contributed by atoms with Crippen LogP contribution in [0.5, 0.6) is 5.75 Å². The molecule has 2 heterocycles. The van der Waals surface area contributed by atoms with Gasteiger partial charge in [-0.15, -0.1) is 0 Å². The Balaban J connectivity index is 1.76. The number of rotatable bonds is 4. The molecule has 0 saturated carbocycles. The summed E-state index contributed by atoms with van der Waals surface area (Å²) in [6.45, 7) is -0.0275. The zero-order valence-corrected chi connectivity index (χ0v) is 16.9. The first-order valence-corrected chi connectivity index (χ1v) is 9.57. The number of ether oxygens (including phenoxy) is 1. The molecule has 1 aliphatic heterocycles. The van der Waals surface area contributed by atoms with Crippen LogP contribution in [0.4, 0.5) is 26.1 Å². The van der Waals surface area contributed by atoms with Crippen molar-refractivity contribution in [2.75, 3.05) is 16.8 Å². The number of pyridine rings is 1. The number of anilines is 3. The second kappa shape index (κ2) is 8.69. The molecule has 0 bridgehead atoms. The lowest BCUT2D eigenvalue weighted by Gasteiger charge is -2.26. The van der Waals surface area contributed by atoms with Crippen LogP contribution in [0.3, 0.4) is 0 Å². The van der Waals surface area contributed by atoms with Crippen LogP contribution in [0.15, 0.2) is 47.5 Å². The third-order valence-corrected chi connectivity index (χ3v) is 4.92. The number of benzene rings is 2. The Hall–Kier alpha value is -4.90. The van der Waals surface area contributed by atoms with Gasteiger partial charge in [-0.2, -0.15) is 10.5 Å². The fourth-order valence-corrected chi connectivity index (χ4v) is 3.43. The molecule has 3 aromatic rings. The maximum absolute atomic E-state index is 14.9. The SMILES string of the molecule is N#CNC1=NC(c2cc(F)c(OCc3ccccc3)c(F)c2)c2c(nc(N)c(C#N)c2N)N1. The molecule has 2 aromatic carbocycles. The lowest BCUT2D eigenvalue weighted by Crippen LogP contribution is -2.32. The molecule has 11 heteroatoms. The van der Waals surface area contributed by atoms with E-state index < -0.39 is 23.4 Å². The lowest BCUT2D eigenvalue weighted by molar-refractivity contribution is 0.273. The van der Waals surface area contributed by atoms with E-state index in [2.05, 4.69) is 20.6 Å². The Morgan fingerprint density at radius 3 is 2.45 bits per heavy atom. The van der Waals surface area contributed by atoms with Crippen LogP contribution in [0.1, 0.15) is 28.3 Å². The molecule has 0 spiro atoms. The van der Waals surface area contributed by atoms with Gasteiger partial charge in [-0.05, 0) is 23.3 Å². The molecule has 0 amide bonds. The van der Waals surface area contributed by atoms with Crippen LogP contribution in [-0.2, 0) is 6.61 Å². The fourth-order valence-electron chi connectivity index (χ4n) is 3.43. The zero-order valence-electron chi connectivity index (χ0n) is 16.9. The number of nitriles is 2. The summed E-state index contributed by atoms with van der Waals surface area (Å²) in [5.74, 6) is -2.51. The van der Waals surface area contributed by atoms with E-state index in [9.17, 15) is 14.0 Å². The highest BCUT2D eigenvalue weighted by Crippen LogP contribution is 2.41. The molecule has 0 saturated heterocycles. The van der Waals surface area contributed by atoms with Gasteiger partial charge >= 0.3 is 0 Å². The Morgan fingerprint density at radius 1 is 1.12 bits per heavy atom. The van der Waals surface area contributed by atoms with Crippen molar-refractivity contribution < 1.29 is 13.5 Å². The summed E-state index contributed by atoms with van der Waals surface area (Å²) in [7, 11) is 0. The molecular formula is C22H16F2N8O. The van der Waals surface area contributed by atoms with Crippen molar-refractivity contribution in [2.45, 2.75) is 12.6 Å². The number of nitrogens with zero attached hydrogens (tertiary/aromatic N) is 4. The van der Waals surface area contributed by atoms with Crippen molar-refractivity contribution in [3.63, 3.8) is 0 Å². The number of hydrogen-bond donors (Lipinski definition) is 4. The Kier molecular flexibility index (Phi) is 5.62. The fraction of sp³-hybridized carbons (Fsp3) is 0.0909. The third kappa shape index (κ3) is 4.03. The van der Waals surface area contributed by atoms with Gasteiger partial charge in [0.15, 0.2) is 23.6 Å². The number of fused-ring (bicyclic) bond motifs is 1. The molecule has 0 fully saturated rings. The largest absolute Gasteiger partial charge is 0.483 e. The smallest absolute Gasteiger partial charge is 0.211 e. The molecule has 1 aromatic heterocycles. The Bertz CT molecular complexity index is 1320. The lowest BCUT2D eigenvalue weighted by atomic mass is 9.95. The van der Waals surface area contributed by atoms with E-state index in [0.717, 1.165) is 17.7 Å². The third-order valence-electron chi connectivity index (χ3n) is 4.92. The maximum Gasteiger partial charge on any atom is 0.211 e. The molecule has 1 unspecified atom stereocenters. The van der Waals surface area contributed by atoms with E-state index in [-0.39, 0.29) is 46.6 Å². The number of nitrogen functional groups attached to an aromatic ring is 2. The molecule has 164 valence electrons. The topological polar surface area (TPSA) is 158 Å². The predicted octanol–water partition coefficient (Wildman–Crippen LogP) is 2.92. The van der Waals surface area contributed by atoms with Crippen LogP contribution in [0.2, 0.25) is 0 Å². The number of hydrogen-bond acceptors (Lipinski definition) is 9. The molecule has 33 heavy (non-hydrogen) atoms. The summed E-state index contributed by atoms with van der Waals surface area (Å²) in [4.78, 5) is 8.38. The molecule has 4 rings (SSSR count). The first-order valence-electron chi connectivity index (χ1n) is 9.57. The summed E-state index contributed by atoms with van der Waals surface area (Å²) in [6.07, 6.45) is 1.70. The van der Waals surface area contributed by atoms with E-state index in [1.165, 1.54) is 0 Å². The zero-order chi connectivity index (χ0) is 23.5. The minimum Gasteiger partial charge on any atom is -0.483 e. The van der Waals surface area contributed by atoms with Crippen molar-refractivity contribution in [2.24, 2.45) is 4.99 Å². The first kappa shape index (κ1) is 21.3. The van der Waals surface area contributed by atoms with E-state index >= 15 is 0 Å². The quantitative estimate of drug-likeness (QED) is 0.352. The summed E-state index contributed by atoms with van der Waals surface area (Å²) >= 11 is 0. The van der Waals surface area contributed by atoms with Crippen LogP contribution in [0.25, 0.3) is 0 Å². The second-order valence-corrected chi connectivity index (χ2v) is 6.99. The van der Waals surface area contributed by atoms with Crippen molar-refractivity contribution >= 4 is 23.3 Å². The Morgan fingerprint density at radius 2 is 1.82 bits per heavy atom. The molecule has 1 aliphatic rings. The summed E-state index contributed by atoms with van der Waals surface area (Å²) < 4.78 is 35.1. The van der Waals surface area contributed by atoms with E-state index in [1.807, 2.05) is 12.1 Å². The van der Waals surface area contributed by atoms with Crippen LogP contribution >= 0.6 is 0 Å². The molecular weight excluding hydrogens is 430 g/mol. The molecule has 0 aliphatic carbocycles. The van der Waals surface area contributed by atoms with Gasteiger partial charge in [0, 0.05) is 5.56 Å². The normalized spacial score (nSPS) is 14.2. The van der Waals surface area contributed by atoms with Crippen molar-refractivity contribution in [3.05, 3.63) is 76.4 Å². The minimum atomic E-state index is -1.08. The van der Waals surface area contributed by atoms with Gasteiger partial charge in [0.1, 0.15) is 35.9 Å². The Labute approximate surface area is 186 Å². The van der Waals surface area contributed by atoms with Gasteiger partial charge < -0.3 is 21.5 Å².